The lowest BCUT2D eigenvalue weighted by atomic mass is 10.1. The van der Waals surface area contributed by atoms with E-state index in [9.17, 15) is 16.8 Å². The number of rotatable bonds is 5. The fourth-order valence-corrected chi connectivity index (χ4v) is 4.03. The summed E-state index contributed by atoms with van der Waals surface area (Å²) in [6.07, 6.45) is 2.65. The largest absolute Gasteiger partial charge is 0.377 e. The van der Waals surface area contributed by atoms with E-state index < -0.39 is 19.1 Å². The lowest BCUT2D eigenvalue weighted by molar-refractivity contribution is 0.0200. The fraction of sp³-hybridized carbons (Fsp3) is 0.500. The molecular weight excluding hydrogens is 338 g/mol. The average Bonchev–Trinajstić information content (AvgIpc) is 2.46. The van der Waals surface area contributed by atoms with E-state index in [0.29, 0.717) is 6.61 Å². The molecule has 1 N–H and O–H groups in total. The number of benzene rings is 1. The standard InChI is InChI=1S/C12H16ClNO5S2/c13-20(15,16)11-5-3-6-12(8-11)21(17,18)14-9-10-4-1-2-7-19-10/h3,5-6,8,10,14H,1-2,4,7,9H2. The second-order valence-corrected chi connectivity index (χ2v) is 9.09. The molecule has 9 heteroatoms. The summed E-state index contributed by atoms with van der Waals surface area (Å²) in [6.45, 7) is 0.798. The first-order valence-corrected chi connectivity index (χ1v) is 10.2. The van der Waals surface area contributed by atoms with E-state index in [2.05, 4.69) is 4.72 Å². The maximum absolute atomic E-state index is 12.1. The van der Waals surface area contributed by atoms with Crippen LogP contribution in [0.3, 0.4) is 0 Å². The van der Waals surface area contributed by atoms with Crippen molar-refractivity contribution in [1.82, 2.24) is 4.72 Å². The molecule has 2 rings (SSSR count). The van der Waals surface area contributed by atoms with Crippen molar-refractivity contribution >= 4 is 29.8 Å². The monoisotopic (exact) mass is 353 g/mol. The SMILES string of the molecule is O=S(=O)(Cl)c1cccc(S(=O)(=O)NCC2CCCCO2)c1. The van der Waals surface area contributed by atoms with Crippen LogP contribution in [0, 0.1) is 0 Å². The molecule has 1 aliphatic rings. The van der Waals surface area contributed by atoms with Crippen molar-refractivity contribution < 1.29 is 21.6 Å². The van der Waals surface area contributed by atoms with Gasteiger partial charge in [-0.2, -0.15) is 0 Å². The van der Waals surface area contributed by atoms with Crippen molar-refractivity contribution in [3.05, 3.63) is 24.3 Å². The highest BCUT2D eigenvalue weighted by molar-refractivity contribution is 8.13. The first-order chi connectivity index (χ1) is 9.79. The summed E-state index contributed by atoms with van der Waals surface area (Å²) in [6, 6.07) is 4.93. The average molecular weight is 354 g/mol. The number of nitrogens with one attached hydrogen (secondary N) is 1. The lowest BCUT2D eigenvalue weighted by Gasteiger charge is -2.22. The minimum Gasteiger partial charge on any atom is -0.377 e. The molecule has 1 heterocycles. The molecule has 21 heavy (non-hydrogen) atoms. The van der Waals surface area contributed by atoms with Crippen molar-refractivity contribution in [1.29, 1.82) is 0 Å². The smallest absolute Gasteiger partial charge is 0.261 e. The zero-order valence-electron chi connectivity index (χ0n) is 11.2. The first-order valence-electron chi connectivity index (χ1n) is 6.45. The highest BCUT2D eigenvalue weighted by Crippen LogP contribution is 2.19. The normalized spacial score (nSPS) is 20.3. The molecule has 0 bridgehead atoms. The highest BCUT2D eigenvalue weighted by atomic mass is 35.7. The van der Waals surface area contributed by atoms with E-state index in [4.69, 9.17) is 15.4 Å². The Hall–Kier alpha value is -0.670. The molecule has 1 aromatic carbocycles. The topological polar surface area (TPSA) is 89.5 Å². The molecule has 1 aliphatic heterocycles. The molecule has 0 aliphatic carbocycles. The van der Waals surface area contributed by atoms with Crippen LogP contribution >= 0.6 is 10.7 Å². The van der Waals surface area contributed by atoms with E-state index in [0.717, 1.165) is 25.3 Å². The van der Waals surface area contributed by atoms with Gasteiger partial charge < -0.3 is 4.74 Å². The Morgan fingerprint density at radius 3 is 2.52 bits per heavy atom. The van der Waals surface area contributed by atoms with Crippen molar-refractivity contribution in [3.63, 3.8) is 0 Å². The zero-order valence-corrected chi connectivity index (χ0v) is 13.5. The molecule has 6 nitrogen and oxygen atoms in total. The van der Waals surface area contributed by atoms with Crippen LogP contribution in [0.15, 0.2) is 34.1 Å². The molecule has 0 radical (unpaired) electrons. The first kappa shape index (κ1) is 16.7. The highest BCUT2D eigenvalue weighted by Gasteiger charge is 2.21. The molecule has 1 unspecified atom stereocenters. The summed E-state index contributed by atoms with van der Waals surface area (Å²) in [4.78, 5) is -0.388. The summed E-state index contributed by atoms with van der Waals surface area (Å²) >= 11 is 0. The van der Waals surface area contributed by atoms with Gasteiger partial charge in [-0.15, -0.1) is 0 Å². The number of sulfonamides is 1. The van der Waals surface area contributed by atoms with Crippen LogP contribution in [-0.2, 0) is 23.8 Å². The maximum Gasteiger partial charge on any atom is 0.261 e. The van der Waals surface area contributed by atoms with Gasteiger partial charge >= 0.3 is 0 Å². The van der Waals surface area contributed by atoms with Crippen LogP contribution in [0.25, 0.3) is 0 Å². The van der Waals surface area contributed by atoms with Gasteiger partial charge in [-0.05, 0) is 37.5 Å². The van der Waals surface area contributed by atoms with Crippen molar-refractivity contribution in [3.8, 4) is 0 Å². The zero-order chi connectivity index (χ0) is 15.5. The summed E-state index contributed by atoms with van der Waals surface area (Å²) < 4.78 is 54.7. The van der Waals surface area contributed by atoms with Crippen LogP contribution in [0.2, 0.25) is 0 Å². The second kappa shape index (κ2) is 6.62. The van der Waals surface area contributed by atoms with Gasteiger partial charge in [-0.25, -0.2) is 21.6 Å². The maximum atomic E-state index is 12.1. The third kappa shape index (κ3) is 4.65. The van der Waals surface area contributed by atoms with E-state index in [1.807, 2.05) is 0 Å². The van der Waals surface area contributed by atoms with E-state index >= 15 is 0 Å². The Kier molecular flexibility index (Phi) is 5.26. The summed E-state index contributed by atoms with van der Waals surface area (Å²) in [5.41, 5.74) is 0. The molecule has 118 valence electrons. The van der Waals surface area contributed by atoms with Crippen LogP contribution in [0.4, 0.5) is 0 Å². The Morgan fingerprint density at radius 2 is 1.90 bits per heavy atom. The van der Waals surface area contributed by atoms with Gasteiger partial charge in [-0.1, -0.05) is 6.07 Å². The molecule has 1 saturated heterocycles. The minimum atomic E-state index is -3.97. The number of halogens is 1. The number of hydrogen-bond donors (Lipinski definition) is 1. The van der Waals surface area contributed by atoms with Gasteiger partial charge in [0.1, 0.15) is 0 Å². The van der Waals surface area contributed by atoms with Crippen LogP contribution in [-0.4, -0.2) is 36.1 Å². The molecule has 1 aromatic rings. The third-order valence-electron chi connectivity index (χ3n) is 3.17. The third-order valence-corrected chi connectivity index (χ3v) is 5.95. The van der Waals surface area contributed by atoms with Crippen molar-refractivity contribution in [2.24, 2.45) is 0 Å². The van der Waals surface area contributed by atoms with Gasteiger partial charge in [0.2, 0.25) is 10.0 Å². The summed E-state index contributed by atoms with van der Waals surface area (Å²) in [7, 11) is -2.54. The summed E-state index contributed by atoms with van der Waals surface area (Å²) in [5, 5.41) is 0. The van der Waals surface area contributed by atoms with E-state index in [1.165, 1.54) is 18.2 Å². The molecule has 0 spiro atoms. The molecule has 0 amide bonds. The fourth-order valence-electron chi connectivity index (χ4n) is 2.05. The molecule has 1 fully saturated rings. The predicted molar refractivity (Wildman–Crippen MR) is 78.3 cm³/mol. The van der Waals surface area contributed by atoms with Gasteiger partial charge in [0.15, 0.2) is 0 Å². The molecule has 0 saturated carbocycles. The predicted octanol–water partition coefficient (Wildman–Crippen LogP) is 1.46. The molecule has 1 atom stereocenters. The second-order valence-electron chi connectivity index (χ2n) is 4.75. The molecular formula is C12H16ClNO5S2. The van der Waals surface area contributed by atoms with E-state index in [-0.39, 0.29) is 22.4 Å². The Morgan fingerprint density at radius 1 is 1.19 bits per heavy atom. The lowest BCUT2D eigenvalue weighted by Crippen LogP contribution is -2.35. The van der Waals surface area contributed by atoms with Crippen LogP contribution in [0.5, 0.6) is 0 Å². The van der Waals surface area contributed by atoms with Crippen molar-refractivity contribution in [2.45, 2.75) is 35.2 Å². The number of ether oxygens (including phenoxy) is 1. The Balaban J connectivity index is 2.12. The van der Waals surface area contributed by atoms with Crippen LogP contribution in [0.1, 0.15) is 19.3 Å². The van der Waals surface area contributed by atoms with Crippen molar-refractivity contribution in [2.75, 3.05) is 13.2 Å². The van der Waals surface area contributed by atoms with Gasteiger partial charge in [0, 0.05) is 23.8 Å². The van der Waals surface area contributed by atoms with E-state index in [1.54, 1.807) is 0 Å². The van der Waals surface area contributed by atoms with Gasteiger partial charge in [-0.3, -0.25) is 0 Å². The Labute approximate surface area is 128 Å². The minimum absolute atomic E-state index is 0.139. The van der Waals surface area contributed by atoms with Crippen LogP contribution < -0.4 is 4.72 Å². The number of hydrogen-bond acceptors (Lipinski definition) is 5. The summed E-state index contributed by atoms with van der Waals surface area (Å²) in [5.74, 6) is 0. The van der Waals surface area contributed by atoms with Gasteiger partial charge in [0.05, 0.1) is 15.9 Å². The quantitative estimate of drug-likeness (QED) is 0.809. The Bertz CT molecular complexity index is 696. The van der Waals surface area contributed by atoms with Gasteiger partial charge in [0.25, 0.3) is 9.05 Å². The molecule has 0 aromatic heterocycles.